The molecule has 0 spiro atoms. The van der Waals surface area contributed by atoms with Gasteiger partial charge in [0.2, 0.25) is 11.9 Å². The fraction of sp³-hybridized carbons (Fsp3) is 0.353. The number of rotatable bonds is 5. The highest BCUT2D eigenvalue weighted by molar-refractivity contribution is 7.92. The second kappa shape index (κ2) is 7.60. The summed E-state index contributed by atoms with van der Waals surface area (Å²) in [4.78, 5) is 20.0. The predicted octanol–water partition coefficient (Wildman–Crippen LogP) is 2.80. The third kappa shape index (κ3) is 4.54. The number of aromatic nitrogens is 2. The summed E-state index contributed by atoms with van der Waals surface area (Å²) in [7, 11) is -3.77. The Bertz CT molecular complexity index is 817. The van der Waals surface area contributed by atoms with Gasteiger partial charge in [0, 0.05) is 24.0 Å². The van der Waals surface area contributed by atoms with Crippen molar-refractivity contribution in [2.75, 3.05) is 10.0 Å². The number of nitrogens with one attached hydrogen (secondary N) is 2. The molecule has 0 bridgehead atoms. The number of sulfonamides is 1. The second-order valence-electron chi connectivity index (χ2n) is 6.03. The molecule has 132 valence electrons. The molecule has 1 aliphatic rings. The molecule has 1 aromatic carbocycles. The monoisotopic (exact) mass is 360 g/mol. The van der Waals surface area contributed by atoms with Crippen LogP contribution in [0.25, 0.3) is 0 Å². The van der Waals surface area contributed by atoms with E-state index in [4.69, 9.17) is 0 Å². The number of benzene rings is 1. The summed E-state index contributed by atoms with van der Waals surface area (Å²) in [5.41, 5.74) is 0.588. The maximum atomic E-state index is 12.3. The van der Waals surface area contributed by atoms with E-state index in [2.05, 4.69) is 20.0 Å². The van der Waals surface area contributed by atoms with Gasteiger partial charge in [-0.3, -0.25) is 4.79 Å². The van der Waals surface area contributed by atoms with E-state index in [9.17, 15) is 13.2 Å². The normalized spacial score (nSPS) is 15.5. The zero-order valence-corrected chi connectivity index (χ0v) is 14.5. The van der Waals surface area contributed by atoms with Gasteiger partial charge in [-0.2, -0.15) is 0 Å². The fourth-order valence-electron chi connectivity index (χ4n) is 2.86. The van der Waals surface area contributed by atoms with Crippen LogP contribution in [-0.2, 0) is 14.8 Å². The van der Waals surface area contributed by atoms with E-state index < -0.39 is 10.0 Å². The largest absolute Gasteiger partial charge is 0.326 e. The smallest absolute Gasteiger partial charge is 0.264 e. The van der Waals surface area contributed by atoms with Crippen LogP contribution in [0.1, 0.15) is 32.1 Å². The average Bonchev–Trinajstić information content (AvgIpc) is 2.63. The Morgan fingerprint density at radius 2 is 1.64 bits per heavy atom. The van der Waals surface area contributed by atoms with Crippen molar-refractivity contribution in [3.05, 3.63) is 42.7 Å². The molecule has 2 aromatic rings. The lowest BCUT2D eigenvalue weighted by Crippen LogP contribution is -2.24. The van der Waals surface area contributed by atoms with E-state index in [1.165, 1.54) is 30.9 Å². The van der Waals surface area contributed by atoms with Crippen molar-refractivity contribution in [1.82, 2.24) is 9.97 Å². The number of hydrogen-bond acceptors (Lipinski definition) is 5. The molecule has 1 amide bonds. The molecule has 1 saturated carbocycles. The summed E-state index contributed by atoms with van der Waals surface area (Å²) in [6, 6.07) is 7.66. The van der Waals surface area contributed by atoms with Crippen molar-refractivity contribution in [3.8, 4) is 0 Å². The lowest BCUT2D eigenvalue weighted by atomic mass is 9.88. The van der Waals surface area contributed by atoms with Gasteiger partial charge >= 0.3 is 0 Å². The zero-order valence-electron chi connectivity index (χ0n) is 13.7. The summed E-state index contributed by atoms with van der Waals surface area (Å²) < 4.78 is 26.9. The van der Waals surface area contributed by atoms with Crippen molar-refractivity contribution in [2.24, 2.45) is 5.92 Å². The highest BCUT2D eigenvalue weighted by Gasteiger charge is 2.21. The van der Waals surface area contributed by atoms with Crippen LogP contribution in [0, 0.1) is 5.92 Å². The Morgan fingerprint density at radius 1 is 1.00 bits per heavy atom. The third-order valence-electron chi connectivity index (χ3n) is 4.20. The number of anilines is 2. The molecule has 2 N–H and O–H groups in total. The summed E-state index contributed by atoms with van der Waals surface area (Å²) in [6.07, 6.45) is 8.10. The summed E-state index contributed by atoms with van der Waals surface area (Å²) >= 11 is 0. The van der Waals surface area contributed by atoms with Crippen LogP contribution in [0.15, 0.2) is 47.6 Å². The highest BCUT2D eigenvalue weighted by atomic mass is 32.2. The molecule has 1 aliphatic carbocycles. The minimum absolute atomic E-state index is 0.00566. The summed E-state index contributed by atoms with van der Waals surface area (Å²) in [6.45, 7) is 0. The van der Waals surface area contributed by atoms with Gasteiger partial charge in [-0.1, -0.05) is 19.3 Å². The molecule has 8 heteroatoms. The maximum absolute atomic E-state index is 12.3. The molecule has 1 fully saturated rings. The standard InChI is InChI=1S/C17H20N4O3S/c22-16(13-5-2-1-3-6-13)20-14-7-9-15(10-8-14)25(23,24)21-17-18-11-4-12-19-17/h4,7-13H,1-3,5-6H2,(H,20,22)(H,18,19,21). The first kappa shape index (κ1) is 17.3. The molecule has 1 heterocycles. The van der Waals surface area contributed by atoms with Crippen molar-refractivity contribution >= 4 is 27.6 Å². The van der Waals surface area contributed by atoms with Gasteiger partial charge in [0.15, 0.2) is 0 Å². The SMILES string of the molecule is O=C(Nc1ccc(S(=O)(=O)Nc2ncccn2)cc1)C1CCCCC1. The van der Waals surface area contributed by atoms with Crippen molar-refractivity contribution in [2.45, 2.75) is 37.0 Å². The van der Waals surface area contributed by atoms with Crippen LogP contribution >= 0.6 is 0 Å². The number of amides is 1. The van der Waals surface area contributed by atoms with Gasteiger partial charge in [-0.05, 0) is 43.2 Å². The van der Waals surface area contributed by atoms with Crippen LogP contribution in [0.4, 0.5) is 11.6 Å². The Labute approximate surface area is 146 Å². The van der Waals surface area contributed by atoms with Crippen LogP contribution < -0.4 is 10.0 Å². The number of hydrogen-bond donors (Lipinski definition) is 2. The van der Waals surface area contributed by atoms with Gasteiger partial charge in [-0.25, -0.2) is 23.1 Å². The van der Waals surface area contributed by atoms with E-state index in [1.807, 2.05) is 0 Å². The number of nitrogens with zero attached hydrogens (tertiary/aromatic N) is 2. The van der Waals surface area contributed by atoms with Crippen LogP contribution in [0.5, 0.6) is 0 Å². The Balaban J connectivity index is 1.66. The maximum Gasteiger partial charge on any atom is 0.264 e. The topological polar surface area (TPSA) is 101 Å². The summed E-state index contributed by atoms with van der Waals surface area (Å²) in [5.74, 6) is 0.0670. The molecule has 0 saturated heterocycles. The Morgan fingerprint density at radius 3 is 2.28 bits per heavy atom. The molecular formula is C17H20N4O3S. The van der Waals surface area contributed by atoms with Crippen molar-refractivity contribution < 1.29 is 13.2 Å². The predicted molar refractivity (Wildman–Crippen MR) is 94.5 cm³/mol. The molecule has 7 nitrogen and oxygen atoms in total. The first-order valence-electron chi connectivity index (χ1n) is 8.25. The lowest BCUT2D eigenvalue weighted by molar-refractivity contribution is -0.120. The number of carbonyl (C=O) groups excluding carboxylic acids is 1. The molecule has 0 aliphatic heterocycles. The zero-order chi connectivity index (χ0) is 17.7. The third-order valence-corrected chi connectivity index (χ3v) is 5.54. The van der Waals surface area contributed by atoms with Crippen LogP contribution in [-0.4, -0.2) is 24.3 Å². The van der Waals surface area contributed by atoms with Gasteiger partial charge in [0.1, 0.15) is 0 Å². The van der Waals surface area contributed by atoms with E-state index in [-0.39, 0.29) is 22.7 Å². The van der Waals surface area contributed by atoms with E-state index >= 15 is 0 Å². The lowest BCUT2D eigenvalue weighted by Gasteiger charge is -2.20. The van der Waals surface area contributed by atoms with Gasteiger partial charge < -0.3 is 5.32 Å². The molecule has 0 radical (unpaired) electrons. The van der Waals surface area contributed by atoms with Crippen LogP contribution in [0.3, 0.4) is 0 Å². The molecular weight excluding hydrogens is 340 g/mol. The second-order valence-corrected chi connectivity index (χ2v) is 7.71. The van der Waals surface area contributed by atoms with E-state index in [0.717, 1.165) is 25.7 Å². The Hall–Kier alpha value is -2.48. The van der Waals surface area contributed by atoms with Gasteiger partial charge in [0.05, 0.1) is 4.90 Å². The molecule has 0 unspecified atom stereocenters. The van der Waals surface area contributed by atoms with Crippen molar-refractivity contribution in [3.63, 3.8) is 0 Å². The minimum atomic E-state index is -3.77. The van der Waals surface area contributed by atoms with Crippen molar-refractivity contribution in [1.29, 1.82) is 0 Å². The molecule has 0 atom stereocenters. The fourth-order valence-corrected chi connectivity index (χ4v) is 3.82. The number of carbonyl (C=O) groups is 1. The first-order valence-corrected chi connectivity index (χ1v) is 9.74. The van der Waals surface area contributed by atoms with E-state index in [0.29, 0.717) is 5.69 Å². The van der Waals surface area contributed by atoms with Crippen LogP contribution in [0.2, 0.25) is 0 Å². The van der Waals surface area contributed by atoms with Gasteiger partial charge in [0.25, 0.3) is 10.0 Å². The molecule has 25 heavy (non-hydrogen) atoms. The molecule has 3 rings (SSSR count). The summed E-state index contributed by atoms with van der Waals surface area (Å²) in [5, 5.41) is 2.86. The van der Waals surface area contributed by atoms with Gasteiger partial charge in [-0.15, -0.1) is 0 Å². The first-order chi connectivity index (χ1) is 12.0. The minimum Gasteiger partial charge on any atom is -0.326 e. The highest BCUT2D eigenvalue weighted by Crippen LogP contribution is 2.25. The quantitative estimate of drug-likeness (QED) is 0.854. The molecule has 1 aromatic heterocycles. The Kier molecular flexibility index (Phi) is 5.28. The average molecular weight is 360 g/mol. The van der Waals surface area contributed by atoms with E-state index in [1.54, 1.807) is 18.2 Å².